The van der Waals surface area contributed by atoms with Crippen LogP contribution in [-0.4, -0.2) is 56.9 Å². The van der Waals surface area contributed by atoms with Gasteiger partial charge in [-0.05, 0) is 31.0 Å². The lowest BCUT2D eigenvalue weighted by atomic mass is 9.96. The Morgan fingerprint density at radius 3 is 1.72 bits per heavy atom. The van der Waals surface area contributed by atoms with Gasteiger partial charge < -0.3 is 20.4 Å². The van der Waals surface area contributed by atoms with E-state index in [-0.39, 0.29) is 4.90 Å². The maximum absolute atomic E-state index is 10.8. The first-order valence-electron chi connectivity index (χ1n) is 6.64. The van der Waals surface area contributed by atoms with Gasteiger partial charge in [0, 0.05) is 0 Å². The van der Waals surface area contributed by atoms with Crippen LogP contribution in [0.25, 0.3) is 0 Å². The van der Waals surface area contributed by atoms with Crippen LogP contribution < -0.4 is 0 Å². The highest BCUT2D eigenvalue weighted by Gasteiger charge is 2.40. The van der Waals surface area contributed by atoms with E-state index in [4.69, 9.17) is 25.0 Å². The quantitative estimate of drug-likeness (QED) is 0.431. The topological polar surface area (TPSA) is 186 Å². The third-order valence-electron chi connectivity index (χ3n) is 3.12. The molecule has 0 spiro atoms. The molecule has 0 saturated carbocycles. The van der Waals surface area contributed by atoms with Crippen molar-refractivity contribution in [3.8, 4) is 0 Å². The molecule has 1 aromatic carbocycles. The fraction of sp³-hybridized carbons (Fsp3) is 0.357. The molecule has 0 heterocycles. The molecule has 0 fully saturated rings. The van der Waals surface area contributed by atoms with Crippen molar-refractivity contribution in [2.24, 2.45) is 0 Å². The van der Waals surface area contributed by atoms with Crippen LogP contribution in [0.2, 0.25) is 0 Å². The molecule has 0 radical (unpaired) electrons. The Morgan fingerprint density at radius 2 is 1.44 bits per heavy atom. The van der Waals surface area contributed by atoms with Crippen LogP contribution in [0.5, 0.6) is 0 Å². The summed E-state index contributed by atoms with van der Waals surface area (Å²) in [6.07, 6.45) is -2.29. The lowest BCUT2D eigenvalue weighted by Crippen LogP contribution is -2.42. The molecular formula is C14H18O10S. The zero-order chi connectivity index (χ0) is 20.0. The van der Waals surface area contributed by atoms with E-state index in [1.54, 1.807) is 26.0 Å². The first-order chi connectivity index (χ1) is 11.2. The SMILES string of the molecule is Cc1cccc(S(=O)(=O)O)c1C.O=C(O)CC(O)(CC(=O)O)C(=O)O. The van der Waals surface area contributed by atoms with Gasteiger partial charge in [0.25, 0.3) is 10.1 Å². The third-order valence-corrected chi connectivity index (χ3v) is 4.12. The van der Waals surface area contributed by atoms with Gasteiger partial charge in [0.2, 0.25) is 0 Å². The van der Waals surface area contributed by atoms with Crippen LogP contribution in [-0.2, 0) is 24.5 Å². The smallest absolute Gasteiger partial charge is 0.336 e. The minimum Gasteiger partial charge on any atom is -0.481 e. The van der Waals surface area contributed by atoms with E-state index >= 15 is 0 Å². The predicted molar refractivity (Wildman–Crippen MR) is 82.8 cm³/mol. The Morgan fingerprint density at radius 1 is 1.00 bits per heavy atom. The summed E-state index contributed by atoms with van der Waals surface area (Å²) >= 11 is 0. The van der Waals surface area contributed by atoms with Crippen molar-refractivity contribution < 1.29 is 47.8 Å². The van der Waals surface area contributed by atoms with Crippen molar-refractivity contribution >= 4 is 28.0 Å². The van der Waals surface area contributed by atoms with Gasteiger partial charge in [-0.1, -0.05) is 12.1 Å². The fourth-order valence-corrected chi connectivity index (χ4v) is 2.52. The second kappa shape index (κ2) is 8.55. The molecule has 0 aromatic heterocycles. The number of aliphatic hydroxyl groups is 1. The fourth-order valence-electron chi connectivity index (χ4n) is 1.72. The summed E-state index contributed by atoms with van der Waals surface area (Å²) in [5, 5.41) is 33.8. The zero-order valence-electron chi connectivity index (χ0n) is 13.3. The molecule has 5 N–H and O–H groups in total. The van der Waals surface area contributed by atoms with Gasteiger partial charge in [0.05, 0.1) is 17.7 Å². The van der Waals surface area contributed by atoms with Gasteiger partial charge in [0.1, 0.15) is 0 Å². The van der Waals surface area contributed by atoms with Crippen LogP contribution in [0.1, 0.15) is 24.0 Å². The van der Waals surface area contributed by atoms with E-state index < -0.39 is 46.5 Å². The summed E-state index contributed by atoms with van der Waals surface area (Å²) in [6, 6.07) is 4.78. The summed E-state index contributed by atoms with van der Waals surface area (Å²) in [7, 11) is -4.06. The lowest BCUT2D eigenvalue weighted by Gasteiger charge is -2.18. The molecule has 11 heteroatoms. The van der Waals surface area contributed by atoms with Crippen molar-refractivity contribution in [2.75, 3.05) is 0 Å². The van der Waals surface area contributed by atoms with Crippen molar-refractivity contribution in [3.63, 3.8) is 0 Å². The first kappa shape index (κ1) is 22.5. The zero-order valence-corrected chi connectivity index (χ0v) is 14.1. The first-order valence-corrected chi connectivity index (χ1v) is 8.08. The van der Waals surface area contributed by atoms with Crippen molar-refractivity contribution in [1.29, 1.82) is 0 Å². The van der Waals surface area contributed by atoms with Crippen molar-refractivity contribution in [3.05, 3.63) is 29.3 Å². The second-order valence-electron chi connectivity index (χ2n) is 5.15. The minimum atomic E-state index is -4.06. The highest BCUT2D eigenvalue weighted by atomic mass is 32.2. The average Bonchev–Trinajstić information content (AvgIpc) is 2.39. The Bertz CT molecular complexity index is 750. The lowest BCUT2D eigenvalue weighted by molar-refractivity contribution is -0.170. The third kappa shape index (κ3) is 7.28. The van der Waals surface area contributed by atoms with Gasteiger partial charge in [-0.25, -0.2) is 4.79 Å². The van der Waals surface area contributed by atoms with Gasteiger partial charge in [-0.3, -0.25) is 14.1 Å². The molecule has 0 amide bonds. The second-order valence-corrected chi connectivity index (χ2v) is 6.54. The van der Waals surface area contributed by atoms with E-state index in [1.165, 1.54) is 6.07 Å². The molecule has 140 valence electrons. The normalized spacial score (nSPS) is 11.2. The summed E-state index contributed by atoms with van der Waals surface area (Å²) < 4.78 is 30.3. The Labute approximate surface area is 143 Å². The van der Waals surface area contributed by atoms with E-state index in [9.17, 15) is 22.8 Å². The van der Waals surface area contributed by atoms with Crippen molar-refractivity contribution in [2.45, 2.75) is 37.2 Å². The van der Waals surface area contributed by atoms with Gasteiger partial charge in [0.15, 0.2) is 5.60 Å². The summed E-state index contributed by atoms with van der Waals surface area (Å²) in [4.78, 5) is 30.5. The van der Waals surface area contributed by atoms with Crippen LogP contribution >= 0.6 is 0 Å². The molecule has 0 atom stereocenters. The standard InChI is InChI=1S/C8H10O3S.C6H8O7/c1-6-4-3-5-8(7(6)2)12(9,10)11;7-3(8)1-6(13,5(11)12)2-4(9)10/h3-5H,1-2H3,(H,9,10,11);13H,1-2H2,(H,7,8)(H,9,10)(H,11,12). The molecule has 1 rings (SSSR count). The molecule has 0 unspecified atom stereocenters. The van der Waals surface area contributed by atoms with Crippen LogP contribution in [0, 0.1) is 13.8 Å². The molecule has 0 aliphatic carbocycles. The van der Waals surface area contributed by atoms with Gasteiger partial charge >= 0.3 is 17.9 Å². The highest BCUT2D eigenvalue weighted by Crippen LogP contribution is 2.17. The number of carbonyl (C=O) groups is 3. The maximum Gasteiger partial charge on any atom is 0.336 e. The highest BCUT2D eigenvalue weighted by molar-refractivity contribution is 7.85. The molecule has 1 aromatic rings. The molecule has 0 aliphatic heterocycles. The molecule has 0 aliphatic rings. The largest absolute Gasteiger partial charge is 0.481 e. The predicted octanol–water partition coefficient (Wildman–Crippen LogP) is 0.302. The monoisotopic (exact) mass is 378 g/mol. The van der Waals surface area contributed by atoms with E-state index in [2.05, 4.69) is 0 Å². The Balaban J connectivity index is 0.000000462. The summed E-state index contributed by atoms with van der Waals surface area (Å²) in [5.74, 6) is -5.02. The Kier molecular flexibility index (Phi) is 7.70. The molecule has 0 bridgehead atoms. The maximum atomic E-state index is 10.8. The van der Waals surface area contributed by atoms with Crippen LogP contribution in [0.3, 0.4) is 0 Å². The average molecular weight is 378 g/mol. The summed E-state index contributed by atoms with van der Waals surface area (Å²) in [5.41, 5.74) is -1.29. The van der Waals surface area contributed by atoms with Gasteiger partial charge in [-0.2, -0.15) is 8.42 Å². The van der Waals surface area contributed by atoms with Crippen molar-refractivity contribution in [1.82, 2.24) is 0 Å². The molecular weight excluding hydrogens is 360 g/mol. The van der Waals surface area contributed by atoms with Crippen LogP contribution in [0.4, 0.5) is 0 Å². The molecule has 10 nitrogen and oxygen atoms in total. The number of benzene rings is 1. The van der Waals surface area contributed by atoms with Crippen LogP contribution in [0.15, 0.2) is 23.1 Å². The van der Waals surface area contributed by atoms with Gasteiger partial charge in [-0.15, -0.1) is 0 Å². The number of hydrogen-bond acceptors (Lipinski definition) is 6. The number of rotatable bonds is 6. The number of carboxylic acid groups (broad SMARTS) is 3. The number of aryl methyl sites for hydroxylation is 1. The summed E-state index contributed by atoms with van der Waals surface area (Å²) in [6.45, 7) is 3.46. The number of hydrogen-bond donors (Lipinski definition) is 5. The molecule has 0 saturated heterocycles. The van der Waals surface area contributed by atoms with E-state index in [0.717, 1.165) is 5.56 Å². The Hall–Kier alpha value is -2.50. The number of carboxylic acids is 3. The minimum absolute atomic E-state index is 0.0116. The molecule has 25 heavy (non-hydrogen) atoms. The van der Waals surface area contributed by atoms with E-state index in [0.29, 0.717) is 5.56 Å². The van der Waals surface area contributed by atoms with E-state index in [1.807, 2.05) is 0 Å². The number of aliphatic carboxylic acids is 3.